The van der Waals surface area contributed by atoms with E-state index in [1.807, 2.05) is 19.2 Å². The number of hydrogen-bond donors (Lipinski definition) is 1. The summed E-state index contributed by atoms with van der Waals surface area (Å²) in [5.41, 5.74) is 2.64. The summed E-state index contributed by atoms with van der Waals surface area (Å²) >= 11 is 1.74. The molecule has 4 heteroatoms. The lowest BCUT2D eigenvalue weighted by atomic mass is 10.2. The van der Waals surface area contributed by atoms with Gasteiger partial charge in [0.1, 0.15) is 0 Å². The first-order chi connectivity index (χ1) is 8.58. The summed E-state index contributed by atoms with van der Waals surface area (Å²) in [5.74, 6) is -0.890. The van der Waals surface area contributed by atoms with Crippen molar-refractivity contribution in [1.82, 2.24) is 0 Å². The number of hydrogen-bond acceptors (Lipinski definition) is 3. The van der Waals surface area contributed by atoms with E-state index in [9.17, 15) is 4.79 Å². The molecular weight excluding hydrogens is 246 g/mol. The molecule has 0 spiro atoms. The molecule has 1 aromatic carbocycles. The molecule has 0 bridgehead atoms. The summed E-state index contributed by atoms with van der Waals surface area (Å²) in [6.45, 7) is 2.95. The largest absolute Gasteiger partial charge is 0.478 e. The van der Waals surface area contributed by atoms with Crippen LogP contribution >= 0.6 is 11.3 Å². The molecule has 0 amide bonds. The van der Waals surface area contributed by atoms with E-state index in [-0.39, 0.29) is 0 Å². The first kappa shape index (κ1) is 12.6. The molecule has 0 unspecified atom stereocenters. The van der Waals surface area contributed by atoms with Crippen molar-refractivity contribution < 1.29 is 9.90 Å². The fourth-order valence-corrected chi connectivity index (χ4v) is 2.69. The summed E-state index contributed by atoms with van der Waals surface area (Å²) < 4.78 is 0. The molecule has 0 aliphatic rings. The summed E-state index contributed by atoms with van der Waals surface area (Å²) in [6, 6.07) is 9.06. The molecule has 3 nitrogen and oxygen atoms in total. The lowest BCUT2D eigenvalue weighted by molar-refractivity contribution is 0.0697. The number of carbonyl (C=O) groups is 1. The number of aryl methyl sites for hydroxylation is 1. The predicted molar refractivity (Wildman–Crippen MR) is 74.6 cm³/mol. The second-order valence-corrected chi connectivity index (χ2v) is 5.24. The van der Waals surface area contributed by atoms with Crippen LogP contribution in [0.1, 0.15) is 20.8 Å². The maximum absolute atomic E-state index is 10.8. The summed E-state index contributed by atoms with van der Waals surface area (Å²) in [6.07, 6.45) is 0. The van der Waals surface area contributed by atoms with Crippen molar-refractivity contribution >= 4 is 23.0 Å². The van der Waals surface area contributed by atoms with E-state index < -0.39 is 5.97 Å². The van der Waals surface area contributed by atoms with Crippen LogP contribution in [0.25, 0.3) is 0 Å². The van der Waals surface area contributed by atoms with Gasteiger partial charge in [-0.2, -0.15) is 0 Å². The van der Waals surface area contributed by atoms with Gasteiger partial charge in [0.05, 0.1) is 12.1 Å². The Bertz CT molecular complexity index is 545. The van der Waals surface area contributed by atoms with E-state index in [0.29, 0.717) is 5.56 Å². The van der Waals surface area contributed by atoms with Gasteiger partial charge in [-0.05, 0) is 48.2 Å². The topological polar surface area (TPSA) is 40.5 Å². The van der Waals surface area contributed by atoms with E-state index in [1.165, 1.54) is 10.4 Å². The highest BCUT2D eigenvalue weighted by molar-refractivity contribution is 7.10. The van der Waals surface area contributed by atoms with E-state index in [0.717, 1.165) is 12.2 Å². The first-order valence-electron chi connectivity index (χ1n) is 5.65. The van der Waals surface area contributed by atoms with Gasteiger partial charge in [0, 0.05) is 17.6 Å². The maximum atomic E-state index is 10.8. The molecule has 0 fully saturated rings. The molecular formula is C14H15NO2S. The molecule has 0 aliphatic carbocycles. The molecule has 2 aromatic rings. The van der Waals surface area contributed by atoms with E-state index in [1.54, 1.807) is 23.5 Å². The molecule has 0 atom stereocenters. The van der Waals surface area contributed by atoms with Crippen molar-refractivity contribution in [1.29, 1.82) is 0 Å². The third-order valence-electron chi connectivity index (χ3n) is 2.90. The SMILES string of the molecule is Cc1ccsc1CN(C)c1ccc(C(=O)O)cc1. The van der Waals surface area contributed by atoms with Gasteiger partial charge in [-0.3, -0.25) is 0 Å². The van der Waals surface area contributed by atoms with Gasteiger partial charge in [0.25, 0.3) is 0 Å². The zero-order chi connectivity index (χ0) is 13.1. The molecule has 0 saturated carbocycles. The van der Waals surface area contributed by atoms with Crippen LogP contribution in [-0.2, 0) is 6.54 Å². The molecule has 1 aromatic heterocycles. The van der Waals surface area contributed by atoms with Gasteiger partial charge < -0.3 is 10.0 Å². The lowest BCUT2D eigenvalue weighted by Crippen LogP contribution is -2.16. The number of carboxylic acids is 1. The highest BCUT2D eigenvalue weighted by Crippen LogP contribution is 2.21. The van der Waals surface area contributed by atoms with Crippen LogP contribution in [0, 0.1) is 6.92 Å². The van der Waals surface area contributed by atoms with E-state index in [2.05, 4.69) is 23.3 Å². The molecule has 0 radical (unpaired) electrons. The number of thiophene rings is 1. The van der Waals surface area contributed by atoms with Gasteiger partial charge in [-0.15, -0.1) is 11.3 Å². The Hall–Kier alpha value is -1.81. The second kappa shape index (κ2) is 5.23. The Morgan fingerprint density at radius 2 is 1.94 bits per heavy atom. The average Bonchev–Trinajstić information content (AvgIpc) is 2.75. The van der Waals surface area contributed by atoms with Crippen LogP contribution in [0.5, 0.6) is 0 Å². The molecule has 1 N–H and O–H groups in total. The first-order valence-corrected chi connectivity index (χ1v) is 6.53. The third kappa shape index (κ3) is 2.71. The smallest absolute Gasteiger partial charge is 0.335 e. The minimum Gasteiger partial charge on any atom is -0.478 e. The van der Waals surface area contributed by atoms with Crippen LogP contribution in [0.3, 0.4) is 0 Å². The number of carboxylic acid groups (broad SMARTS) is 1. The fourth-order valence-electron chi connectivity index (χ4n) is 1.73. The van der Waals surface area contributed by atoms with Crippen LogP contribution < -0.4 is 4.90 Å². The number of rotatable bonds is 4. The van der Waals surface area contributed by atoms with Gasteiger partial charge in [0.2, 0.25) is 0 Å². The summed E-state index contributed by atoms with van der Waals surface area (Å²) in [4.78, 5) is 14.2. The highest BCUT2D eigenvalue weighted by Gasteiger charge is 2.07. The monoisotopic (exact) mass is 261 g/mol. The van der Waals surface area contributed by atoms with Crippen molar-refractivity contribution in [3.8, 4) is 0 Å². The average molecular weight is 261 g/mol. The molecule has 0 aliphatic heterocycles. The minimum absolute atomic E-state index is 0.319. The van der Waals surface area contributed by atoms with Crippen LogP contribution in [-0.4, -0.2) is 18.1 Å². The molecule has 2 rings (SSSR count). The third-order valence-corrected chi connectivity index (χ3v) is 3.91. The zero-order valence-electron chi connectivity index (χ0n) is 10.4. The van der Waals surface area contributed by atoms with Crippen molar-refractivity contribution in [2.45, 2.75) is 13.5 Å². The van der Waals surface area contributed by atoms with Gasteiger partial charge in [-0.25, -0.2) is 4.79 Å². The number of nitrogens with zero attached hydrogens (tertiary/aromatic N) is 1. The van der Waals surface area contributed by atoms with Crippen molar-refractivity contribution in [2.24, 2.45) is 0 Å². The van der Waals surface area contributed by atoms with Gasteiger partial charge >= 0.3 is 5.97 Å². The standard InChI is InChI=1S/C14H15NO2S/c1-10-7-8-18-13(10)9-15(2)12-5-3-11(4-6-12)14(16)17/h3-8H,9H2,1-2H3,(H,16,17). The Morgan fingerprint density at radius 1 is 1.28 bits per heavy atom. The highest BCUT2D eigenvalue weighted by atomic mass is 32.1. The summed E-state index contributed by atoms with van der Waals surface area (Å²) in [7, 11) is 2.01. The number of anilines is 1. The molecule has 0 saturated heterocycles. The van der Waals surface area contributed by atoms with E-state index >= 15 is 0 Å². The number of aromatic carboxylic acids is 1. The predicted octanol–water partition coefficient (Wildman–Crippen LogP) is 3.39. The van der Waals surface area contributed by atoms with Crippen LogP contribution in [0.15, 0.2) is 35.7 Å². The fraction of sp³-hybridized carbons (Fsp3) is 0.214. The zero-order valence-corrected chi connectivity index (χ0v) is 11.2. The maximum Gasteiger partial charge on any atom is 0.335 e. The Morgan fingerprint density at radius 3 is 2.44 bits per heavy atom. The van der Waals surface area contributed by atoms with Crippen molar-refractivity contribution in [2.75, 3.05) is 11.9 Å². The molecule has 18 heavy (non-hydrogen) atoms. The Kier molecular flexibility index (Phi) is 3.67. The normalized spacial score (nSPS) is 10.3. The quantitative estimate of drug-likeness (QED) is 0.917. The van der Waals surface area contributed by atoms with Crippen LogP contribution in [0.4, 0.5) is 5.69 Å². The lowest BCUT2D eigenvalue weighted by Gasteiger charge is -2.19. The molecule has 94 valence electrons. The second-order valence-electron chi connectivity index (χ2n) is 4.23. The van der Waals surface area contributed by atoms with Gasteiger partial charge in [-0.1, -0.05) is 0 Å². The number of benzene rings is 1. The van der Waals surface area contributed by atoms with Crippen molar-refractivity contribution in [3.63, 3.8) is 0 Å². The van der Waals surface area contributed by atoms with E-state index in [4.69, 9.17) is 5.11 Å². The Balaban J connectivity index is 2.12. The minimum atomic E-state index is -0.890. The van der Waals surface area contributed by atoms with Crippen molar-refractivity contribution in [3.05, 3.63) is 51.7 Å². The van der Waals surface area contributed by atoms with Crippen LogP contribution in [0.2, 0.25) is 0 Å². The van der Waals surface area contributed by atoms with Gasteiger partial charge in [0.15, 0.2) is 0 Å². The molecule has 1 heterocycles. The Labute approximate surface area is 110 Å². The summed E-state index contributed by atoms with van der Waals surface area (Å²) in [5, 5.41) is 10.9.